The summed E-state index contributed by atoms with van der Waals surface area (Å²) in [5.74, 6) is 0.610. The fraction of sp³-hybridized carbons (Fsp3) is 0.700. The van der Waals surface area contributed by atoms with Crippen molar-refractivity contribution >= 4 is 5.78 Å². The zero-order chi connectivity index (χ0) is 8.43. The number of ketones is 1. The van der Waals surface area contributed by atoms with Gasteiger partial charge in [0.25, 0.3) is 0 Å². The molecule has 0 amide bonds. The third kappa shape index (κ3) is 1.70. The molecule has 0 heterocycles. The van der Waals surface area contributed by atoms with Gasteiger partial charge in [-0.1, -0.05) is 11.1 Å². The molecule has 0 aromatic rings. The molecule has 1 heteroatoms. The minimum atomic E-state index is 0.264. The van der Waals surface area contributed by atoms with Crippen molar-refractivity contribution in [2.45, 2.75) is 40.0 Å². The smallest absolute Gasteiger partial charge is 0.136 e. The molecule has 1 aliphatic carbocycles. The molecule has 0 N–H and O–H groups in total. The van der Waals surface area contributed by atoms with Gasteiger partial charge >= 0.3 is 0 Å². The Kier molecular flexibility index (Phi) is 2.48. The maximum absolute atomic E-state index is 11.1. The highest BCUT2D eigenvalue weighted by molar-refractivity contribution is 5.81. The van der Waals surface area contributed by atoms with Crippen LogP contribution in [0.3, 0.4) is 0 Å². The van der Waals surface area contributed by atoms with Gasteiger partial charge in [-0.05, 0) is 40.0 Å². The van der Waals surface area contributed by atoms with Gasteiger partial charge in [-0.3, -0.25) is 4.79 Å². The highest BCUT2D eigenvalue weighted by Gasteiger charge is 2.24. The molecule has 0 saturated heterocycles. The number of Topliss-reactive ketones (excluding diaryl/α,β-unsaturated/α-hetero) is 1. The van der Waals surface area contributed by atoms with Crippen molar-refractivity contribution in [2.24, 2.45) is 5.92 Å². The van der Waals surface area contributed by atoms with Gasteiger partial charge in [0.1, 0.15) is 5.78 Å². The molecule has 0 aliphatic heterocycles. The first kappa shape index (κ1) is 8.51. The Balaban J connectivity index is 2.82. The van der Waals surface area contributed by atoms with Crippen LogP contribution in [0.1, 0.15) is 40.0 Å². The van der Waals surface area contributed by atoms with Crippen molar-refractivity contribution in [3.05, 3.63) is 11.1 Å². The Hall–Kier alpha value is -0.590. The van der Waals surface area contributed by atoms with E-state index in [1.165, 1.54) is 17.6 Å². The van der Waals surface area contributed by atoms with Crippen LogP contribution in [0.25, 0.3) is 0 Å². The Morgan fingerprint density at radius 1 is 1.36 bits per heavy atom. The molecule has 11 heavy (non-hydrogen) atoms. The van der Waals surface area contributed by atoms with E-state index in [2.05, 4.69) is 13.8 Å². The minimum Gasteiger partial charge on any atom is -0.299 e. The molecule has 0 radical (unpaired) electrons. The molecule has 0 spiro atoms. The van der Waals surface area contributed by atoms with E-state index in [9.17, 15) is 4.79 Å². The Morgan fingerprint density at radius 2 is 2.00 bits per heavy atom. The molecule has 62 valence electrons. The molecule has 0 aromatic carbocycles. The number of carbonyl (C=O) groups is 1. The van der Waals surface area contributed by atoms with Crippen molar-refractivity contribution in [1.29, 1.82) is 0 Å². The zero-order valence-corrected chi connectivity index (χ0v) is 7.61. The lowest BCUT2D eigenvalue weighted by Gasteiger charge is -2.08. The lowest BCUT2D eigenvalue weighted by Crippen LogP contribution is -2.08. The van der Waals surface area contributed by atoms with Gasteiger partial charge in [-0.15, -0.1) is 0 Å². The Morgan fingerprint density at radius 3 is 2.36 bits per heavy atom. The quantitative estimate of drug-likeness (QED) is 0.528. The predicted octanol–water partition coefficient (Wildman–Crippen LogP) is 2.71. The second-order valence-electron chi connectivity index (χ2n) is 3.58. The molecule has 0 bridgehead atoms. The van der Waals surface area contributed by atoms with Crippen molar-refractivity contribution < 1.29 is 4.79 Å². The number of rotatable bonds is 1. The molecular weight excluding hydrogens is 136 g/mol. The highest BCUT2D eigenvalue weighted by Crippen LogP contribution is 2.33. The number of hydrogen-bond donors (Lipinski definition) is 0. The summed E-state index contributed by atoms with van der Waals surface area (Å²) < 4.78 is 0. The van der Waals surface area contributed by atoms with Crippen molar-refractivity contribution in [3.63, 3.8) is 0 Å². The fourth-order valence-electron chi connectivity index (χ4n) is 1.89. The average Bonchev–Trinajstić information content (AvgIpc) is 2.32. The van der Waals surface area contributed by atoms with Gasteiger partial charge in [0.2, 0.25) is 0 Å². The SMILES string of the molecule is CC(=O)C1CCCC1=C(C)C. The molecule has 1 nitrogen and oxygen atoms in total. The lowest BCUT2D eigenvalue weighted by molar-refractivity contribution is -0.119. The van der Waals surface area contributed by atoms with Gasteiger partial charge < -0.3 is 0 Å². The summed E-state index contributed by atoms with van der Waals surface area (Å²) in [6.45, 7) is 5.92. The normalized spacial score (nSPS) is 23.9. The van der Waals surface area contributed by atoms with E-state index in [-0.39, 0.29) is 5.92 Å². The Bertz CT molecular complexity index is 197. The van der Waals surface area contributed by atoms with Crippen LogP contribution in [0.4, 0.5) is 0 Å². The van der Waals surface area contributed by atoms with Crippen LogP contribution in [0, 0.1) is 5.92 Å². The molecule has 1 fully saturated rings. The van der Waals surface area contributed by atoms with Crippen molar-refractivity contribution in [2.75, 3.05) is 0 Å². The van der Waals surface area contributed by atoms with Crippen LogP contribution in [0.2, 0.25) is 0 Å². The zero-order valence-electron chi connectivity index (χ0n) is 7.61. The molecular formula is C10H16O. The predicted molar refractivity (Wildman–Crippen MR) is 46.4 cm³/mol. The van der Waals surface area contributed by atoms with Crippen LogP contribution in [0.5, 0.6) is 0 Å². The second kappa shape index (κ2) is 3.21. The molecule has 1 saturated carbocycles. The average molecular weight is 152 g/mol. The van der Waals surface area contributed by atoms with E-state index in [0.29, 0.717) is 5.78 Å². The van der Waals surface area contributed by atoms with Crippen LogP contribution in [0.15, 0.2) is 11.1 Å². The minimum absolute atomic E-state index is 0.264. The summed E-state index contributed by atoms with van der Waals surface area (Å²) in [5, 5.41) is 0. The standard InChI is InChI=1S/C10H16O/c1-7(2)9-5-4-6-10(9)8(3)11/h10H,4-6H2,1-3H3. The van der Waals surface area contributed by atoms with Crippen molar-refractivity contribution in [3.8, 4) is 0 Å². The molecule has 0 aromatic heterocycles. The molecule has 1 atom stereocenters. The molecule has 1 unspecified atom stereocenters. The van der Waals surface area contributed by atoms with Gasteiger partial charge in [0.05, 0.1) is 0 Å². The summed E-state index contributed by atoms with van der Waals surface area (Å²) in [7, 11) is 0. The molecule has 1 rings (SSSR count). The van der Waals surface area contributed by atoms with E-state index < -0.39 is 0 Å². The van der Waals surface area contributed by atoms with E-state index in [0.717, 1.165) is 12.8 Å². The maximum atomic E-state index is 11.1. The van der Waals surface area contributed by atoms with Gasteiger partial charge in [-0.25, -0.2) is 0 Å². The Labute approximate surface area is 68.5 Å². The van der Waals surface area contributed by atoms with Gasteiger partial charge in [0.15, 0.2) is 0 Å². The van der Waals surface area contributed by atoms with Crippen LogP contribution in [-0.4, -0.2) is 5.78 Å². The van der Waals surface area contributed by atoms with Crippen LogP contribution < -0.4 is 0 Å². The maximum Gasteiger partial charge on any atom is 0.136 e. The van der Waals surface area contributed by atoms with Crippen LogP contribution in [-0.2, 0) is 4.79 Å². The number of hydrogen-bond acceptors (Lipinski definition) is 1. The van der Waals surface area contributed by atoms with Crippen LogP contribution >= 0.6 is 0 Å². The first-order chi connectivity index (χ1) is 5.13. The number of allylic oxidation sites excluding steroid dienone is 2. The highest BCUT2D eigenvalue weighted by atomic mass is 16.1. The number of carbonyl (C=O) groups excluding carboxylic acids is 1. The first-order valence-electron chi connectivity index (χ1n) is 4.29. The summed E-state index contributed by atoms with van der Waals surface area (Å²) in [6.07, 6.45) is 3.42. The topological polar surface area (TPSA) is 17.1 Å². The lowest BCUT2D eigenvalue weighted by atomic mass is 9.95. The van der Waals surface area contributed by atoms with Crippen molar-refractivity contribution in [1.82, 2.24) is 0 Å². The molecule has 1 aliphatic rings. The van der Waals surface area contributed by atoms with Gasteiger partial charge in [-0.2, -0.15) is 0 Å². The van der Waals surface area contributed by atoms with E-state index >= 15 is 0 Å². The van der Waals surface area contributed by atoms with E-state index in [1.807, 2.05) is 0 Å². The third-order valence-corrected chi connectivity index (χ3v) is 2.49. The third-order valence-electron chi connectivity index (χ3n) is 2.49. The largest absolute Gasteiger partial charge is 0.299 e. The summed E-state index contributed by atoms with van der Waals surface area (Å²) in [4.78, 5) is 11.1. The second-order valence-corrected chi connectivity index (χ2v) is 3.58. The summed E-state index contributed by atoms with van der Waals surface area (Å²) in [6, 6.07) is 0. The monoisotopic (exact) mass is 152 g/mol. The fourth-order valence-corrected chi connectivity index (χ4v) is 1.89. The van der Waals surface area contributed by atoms with Gasteiger partial charge in [0, 0.05) is 5.92 Å². The first-order valence-corrected chi connectivity index (χ1v) is 4.29. The van der Waals surface area contributed by atoms with E-state index in [1.54, 1.807) is 6.92 Å². The summed E-state index contributed by atoms with van der Waals surface area (Å²) >= 11 is 0. The summed E-state index contributed by atoms with van der Waals surface area (Å²) in [5.41, 5.74) is 2.75. The van der Waals surface area contributed by atoms with E-state index in [4.69, 9.17) is 0 Å².